The van der Waals surface area contributed by atoms with Crippen molar-refractivity contribution in [2.45, 2.75) is 32.8 Å². The van der Waals surface area contributed by atoms with Gasteiger partial charge in [0.2, 0.25) is 5.91 Å². The molecule has 1 saturated heterocycles. The maximum absolute atomic E-state index is 13.2. The molecule has 31 heavy (non-hydrogen) atoms. The highest BCUT2D eigenvalue weighted by molar-refractivity contribution is 5.95. The van der Waals surface area contributed by atoms with E-state index in [4.69, 9.17) is 9.47 Å². The Hall–Kier alpha value is -3.22. The fraction of sp³-hybridized carbons (Fsp3) is 0.417. The van der Waals surface area contributed by atoms with E-state index in [0.29, 0.717) is 39.1 Å². The smallest absolute Gasteiger partial charge is 0.324 e. The van der Waals surface area contributed by atoms with Gasteiger partial charge in [-0.3, -0.25) is 9.69 Å². The second kappa shape index (κ2) is 9.29. The van der Waals surface area contributed by atoms with Crippen molar-refractivity contribution in [3.63, 3.8) is 0 Å². The highest BCUT2D eigenvalue weighted by Crippen LogP contribution is 2.34. The van der Waals surface area contributed by atoms with Gasteiger partial charge in [0.25, 0.3) is 0 Å². The first-order valence-electron chi connectivity index (χ1n) is 10.9. The van der Waals surface area contributed by atoms with E-state index < -0.39 is 0 Å². The second-order valence-corrected chi connectivity index (χ2v) is 8.00. The average Bonchev–Trinajstić information content (AvgIpc) is 2.79. The minimum atomic E-state index is -0.105. The maximum Gasteiger partial charge on any atom is 0.324 e. The standard InChI is InChI=1S/C24H29N3O4/c1-3-30-20-10-8-19(9-11-20)25-23(28)18-12-14-26(15-13-18)24(29)27-16-17(2)31-22-7-5-4-6-21(22)27/h4-11,17-18H,3,12-16H2,1-2H3,(H,25,28)/t17-/m0/s1. The first kappa shape index (κ1) is 21.0. The highest BCUT2D eigenvalue weighted by Gasteiger charge is 2.33. The SMILES string of the molecule is CCOc1ccc(NC(=O)C2CCN(C(=O)N3C[C@H](C)Oc4ccccc43)CC2)cc1. The number of benzene rings is 2. The quantitative estimate of drug-likeness (QED) is 0.802. The van der Waals surface area contributed by atoms with Gasteiger partial charge >= 0.3 is 6.03 Å². The summed E-state index contributed by atoms with van der Waals surface area (Å²) in [5.41, 5.74) is 1.56. The molecule has 7 heteroatoms. The number of urea groups is 1. The number of carbonyl (C=O) groups excluding carboxylic acids is 2. The molecule has 0 bridgehead atoms. The Balaban J connectivity index is 1.33. The highest BCUT2D eigenvalue weighted by atomic mass is 16.5. The molecule has 0 aliphatic carbocycles. The molecule has 2 aromatic carbocycles. The lowest BCUT2D eigenvalue weighted by Gasteiger charge is -2.39. The van der Waals surface area contributed by atoms with Crippen LogP contribution in [0, 0.1) is 5.92 Å². The number of nitrogens with zero attached hydrogens (tertiary/aromatic N) is 2. The summed E-state index contributed by atoms with van der Waals surface area (Å²) in [6.45, 7) is 6.16. The number of likely N-dealkylation sites (tertiary alicyclic amines) is 1. The molecule has 0 spiro atoms. The number of rotatable bonds is 4. The largest absolute Gasteiger partial charge is 0.494 e. The van der Waals surface area contributed by atoms with Gasteiger partial charge in [-0.05, 0) is 63.1 Å². The summed E-state index contributed by atoms with van der Waals surface area (Å²) < 4.78 is 11.3. The number of para-hydroxylation sites is 2. The van der Waals surface area contributed by atoms with Crippen LogP contribution in [0.15, 0.2) is 48.5 Å². The van der Waals surface area contributed by atoms with Crippen molar-refractivity contribution < 1.29 is 19.1 Å². The van der Waals surface area contributed by atoms with Crippen molar-refractivity contribution in [3.05, 3.63) is 48.5 Å². The summed E-state index contributed by atoms with van der Waals surface area (Å²) in [5, 5.41) is 2.98. The second-order valence-electron chi connectivity index (χ2n) is 8.00. The van der Waals surface area contributed by atoms with Gasteiger partial charge in [-0.15, -0.1) is 0 Å². The van der Waals surface area contributed by atoms with E-state index in [1.165, 1.54) is 0 Å². The molecule has 1 atom stereocenters. The van der Waals surface area contributed by atoms with Crippen LogP contribution in [0.3, 0.4) is 0 Å². The molecule has 2 aliphatic heterocycles. The Morgan fingerprint density at radius 1 is 1.10 bits per heavy atom. The predicted octanol–water partition coefficient (Wildman–Crippen LogP) is 4.14. The van der Waals surface area contributed by atoms with E-state index in [1.54, 1.807) is 4.90 Å². The molecule has 2 heterocycles. The molecule has 7 nitrogen and oxygen atoms in total. The lowest BCUT2D eigenvalue weighted by Crippen LogP contribution is -2.51. The molecule has 3 amide bonds. The first-order valence-corrected chi connectivity index (χ1v) is 10.9. The van der Waals surface area contributed by atoms with Crippen molar-refractivity contribution in [2.75, 3.05) is 36.5 Å². The Kier molecular flexibility index (Phi) is 6.30. The Bertz CT molecular complexity index is 923. The summed E-state index contributed by atoms with van der Waals surface area (Å²) in [5.74, 6) is 1.42. The summed E-state index contributed by atoms with van der Waals surface area (Å²) >= 11 is 0. The summed E-state index contributed by atoms with van der Waals surface area (Å²) in [4.78, 5) is 29.5. The van der Waals surface area contributed by atoms with Crippen LogP contribution in [0.25, 0.3) is 0 Å². The van der Waals surface area contributed by atoms with Gasteiger partial charge in [0.15, 0.2) is 0 Å². The van der Waals surface area contributed by atoms with Crippen molar-refractivity contribution in [3.8, 4) is 11.5 Å². The maximum atomic E-state index is 13.2. The molecule has 0 aromatic heterocycles. The summed E-state index contributed by atoms with van der Waals surface area (Å²) in [7, 11) is 0. The summed E-state index contributed by atoms with van der Waals surface area (Å²) in [6, 6.07) is 15.0. The number of carbonyl (C=O) groups is 2. The van der Waals surface area contributed by atoms with Gasteiger partial charge < -0.3 is 19.7 Å². The average molecular weight is 424 g/mol. The van der Waals surface area contributed by atoms with Gasteiger partial charge in [0.05, 0.1) is 18.8 Å². The van der Waals surface area contributed by atoms with Crippen LogP contribution in [0.5, 0.6) is 11.5 Å². The number of hydrogen-bond donors (Lipinski definition) is 1. The molecule has 4 rings (SSSR count). The minimum Gasteiger partial charge on any atom is -0.494 e. The lowest BCUT2D eigenvalue weighted by atomic mass is 9.96. The topological polar surface area (TPSA) is 71.1 Å². The van der Waals surface area contributed by atoms with Crippen molar-refractivity contribution in [1.82, 2.24) is 4.90 Å². The zero-order chi connectivity index (χ0) is 21.8. The number of amides is 3. The van der Waals surface area contributed by atoms with E-state index in [9.17, 15) is 9.59 Å². The van der Waals surface area contributed by atoms with Gasteiger partial charge in [-0.2, -0.15) is 0 Å². The predicted molar refractivity (Wildman–Crippen MR) is 120 cm³/mol. The first-order chi connectivity index (χ1) is 15.0. The van der Waals surface area contributed by atoms with E-state index in [-0.39, 0.29) is 24.0 Å². The molecule has 0 radical (unpaired) electrons. The van der Waals surface area contributed by atoms with Crippen molar-refractivity contribution in [2.24, 2.45) is 5.92 Å². The number of hydrogen-bond acceptors (Lipinski definition) is 4. The van der Waals surface area contributed by atoms with Crippen LogP contribution in [0.4, 0.5) is 16.2 Å². The van der Waals surface area contributed by atoms with Gasteiger partial charge in [0.1, 0.15) is 17.6 Å². The van der Waals surface area contributed by atoms with E-state index in [2.05, 4.69) is 5.32 Å². The summed E-state index contributed by atoms with van der Waals surface area (Å²) in [6.07, 6.45) is 1.24. The van der Waals surface area contributed by atoms with Gasteiger partial charge in [-0.25, -0.2) is 4.79 Å². The van der Waals surface area contributed by atoms with E-state index in [1.807, 2.05) is 67.3 Å². The monoisotopic (exact) mass is 423 g/mol. The third-order valence-electron chi connectivity index (χ3n) is 5.72. The Morgan fingerprint density at radius 3 is 2.52 bits per heavy atom. The molecular weight excluding hydrogens is 394 g/mol. The Morgan fingerprint density at radius 2 is 1.81 bits per heavy atom. The normalized spacial score (nSPS) is 18.7. The molecule has 1 fully saturated rings. The zero-order valence-corrected chi connectivity index (χ0v) is 18.0. The van der Waals surface area contributed by atoms with Crippen molar-refractivity contribution >= 4 is 23.3 Å². The van der Waals surface area contributed by atoms with E-state index in [0.717, 1.165) is 22.9 Å². The third-order valence-corrected chi connectivity index (χ3v) is 5.72. The van der Waals surface area contributed by atoms with E-state index >= 15 is 0 Å². The number of fused-ring (bicyclic) bond motifs is 1. The molecule has 2 aromatic rings. The minimum absolute atomic E-state index is 0.00148. The molecular formula is C24H29N3O4. The number of nitrogens with one attached hydrogen (secondary N) is 1. The molecule has 0 unspecified atom stereocenters. The van der Waals surface area contributed by atoms with Gasteiger partial charge in [-0.1, -0.05) is 12.1 Å². The van der Waals surface area contributed by atoms with Crippen LogP contribution in [-0.4, -0.2) is 49.2 Å². The van der Waals surface area contributed by atoms with Gasteiger partial charge in [0, 0.05) is 24.7 Å². The number of anilines is 2. The zero-order valence-electron chi connectivity index (χ0n) is 18.0. The fourth-order valence-corrected chi connectivity index (χ4v) is 4.12. The van der Waals surface area contributed by atoms with Crippen LogP contribution in [0.2, 0.25) is 0 Å². The molecule has 164 valence electrons. The molecule has 0 saturated carbocycles. The lowest BCUT2D eigenvalue weighted by molar-refractivity contribution is -0.121. The van der Waals surface area contributed by atoms with Crippen LogP contribution in [0.1, 0.15) is 26.7 Å². The third kappa shape index (κ3) is 4.76. The van der Waals surface area contributed by atoms with Crippen LogP contribution < -0.4 is 19.7 Å². The Labute approximate surface area is 182 Å². The molecule has 1 N–H and O–H groups in total. The number of ether oxygens (including phenoxy) is 2. The fourth-order valence-electron chi connectivity index (χ4n) is 4.12. The molecule has 2 aliphatic rings. The van der Waals surface area contributed by atoms with Crippen LogP contribution >= 0.6 is 0 Å². The number of piperidine rings is 1. The van der Waals surface area contributed by atoms with Crippen LogP contribution in [-0.2, 0) is 4.79 Å². The van der Waals surface area contributed by atoms with Crippen molar-refractivity contribution in [1.29, 1.82) is 0 Å².